The van der Waals surface area contributed by atoms with Crippen LogP contribution in [0.5, 0.6) is 0 Å². The van der Waals surface area contributed by atoms with Crippen LogP contribution >= 0.6 is 12.4 Å². The van der Waals surface area contributed by atoms with Crippen LogP contribution in [0.2, 0.25) is 0 Å². The summed E-state index contributed by atoms with van der Waals surface area (Å²) in [6, 6.07) is 0. The van der Waals surface area contributed by atoms with E-state index in [0.29, 0.717) is 12.5 Å². The molecule has 1 rings (SSSR count). The Morgan fingerprint density at radius 2 is 1.61 bits per heavy atom. The normalized spacial score (nSPS) is 24.6. The fourth-order valence-corrected chi connectivity index (χ4v) is 2.92. The fourth-order valence-electron chi connectivity index (χ4n) is 2.52. The molecule has 0 aromatic carbocycles. The third-order valence-corrected chi connectivity index (χ3v) is 4.19. The summed E-state index contributed by atoms with van der Waals surface area (Å²) in [7, 11) is -1.26. The maximum absolute atomic E-state index is 10.8. The van der Waals surface area contributed by atoms with Gasteiger partial charge in [0.05, 0.1) is 12.9 Å². The molecule has 6 heteroatoms. The largest absolute Gasteiger partial charge is 0.320 e. The molecule has 0 amide bonds. The number of rotatable bonds is 7. The molecule has 18 heavy (non-hydrogen) atoms. The minimum absolute atomic E-state index is 0. The summed E-state index contributed by atoms with van der Waals surface area (Å²) in [4.78, 5) is 0. The van der Waals surface area contributed by atoms with Crippen molar-refractivity contribution >= 4 is 22.5 Å². The van der Waals surface area contributed by atoms with Crippen LogP contribution in [0.15, 0.2) is 0 Å². The predicted octanol–water partition coefficient (Wildman–Crippen LogP) is 2.19. The Morgan fingerprint density at radius 3 is 2.06 bits per heavy atom. The highest BCUT2D eigenvalue weighted by Gasteiger charge is 2.20. The van der Waals surface area contributed by atoms with Gasteiger partial charge in [-0.2, -0.15) is 8.42 Å². The zero-order chi connectivity index (χ0) is 12.7. The Kier molecular flexibility index (Phi) is 9.21. The molecule has 4 nitrogen and oxygen atoms in total. The Balaban J connectivity index is 0.00000289. The molecular formula is C12H26ClNO3S. The summed E-state index contributed by atoms with van der Waals surface area (Å²) in [6.45, 7) is 1.46. The van der Waals surface area contributed by atoms with Crippen molar-refractivity contribution in [1.82, 2.24) is 5.32 Å². The van der Waals surface area contributed by atoms with E-state index in [0.717, 1.165) is 25.1 Å². The van der Waals surface area contributed by atoms with Crippen LogP contribution in [0.1, 0.15) is 38.5 Å². The van der Waals surface area contributed by atoms with E-state index >= 15 is 0 Å². The molecule has 0 bridgehead atoms. The van der Waals surface area contributed by atoms with Crippen LogP contribution in [0.25, 0.3) is 0 Å². The first-order chi connectivity index (χ1) is 8.01. The second-order valence-electron chi connectivity index (χ2n) is 5.09. The lowest BCUT2D eigenvalue weighted by Gasteiger charge is -2.28. The summed E-state index contributed by atoms with van der Waals surface area (Å²) in [5.41, 5.74) is 0. The van der Waals surface area contributed by atoms with Crippen molar-refractivity contribution in [3.8, 4) is 0 Å². The van der Waals surface area contributed by atoms with E-state index in [-0.39, 0.29) is 12.4 Å². The molecule has 0 aromatic rings. The second kappa shape index (κ2) is 9.13. The van der Waals surface area contributed by atoms with Gasteiger partial charge in [-0.25, -0.2) is 0 Å². The van der Waals surface area contributed by atoms with E-state index in [1.165, 1.54) is 32.1 Å². The van der Waals surface area contributed by atoms with Gasteiger partial charge < -0.3 is 5.32 Å². The number of nitrogens with one attached hydrogen (secondary N) is 1. The zero-order valence-electron chi connectivity index (χ0n) is 11.4. The molecule has 0 heterocycles. The molecule has 1 fully saturated rings. The molecule has 0 radical (unpaired) electrons. The molecule has 0 spiro atoms. The quantitative estimate of drug-likeness (QED) is 0.732. The summed E-state index contributed by atoms with van der Waals surface area (Å²) in [5.74, 6) is 1.51. The van der Waals surface area contributed by atoms with Gasteiger partial charge in [-0.15, -0.1) is 12.4 Å². The second-order valence-corrected chi connectivity index (χ2v) is 6.74. The lowest BCUT2D eigenvalue weighted by molar-refractivity contribution is 0.215. The number of hydrogen-bond acceptors (Lipinski definition) is 4. The first-order valence-electron chi connectivity index (χ1n) is 6.50. The summed E-state index contributed by atoms with van der Waals surface area (Å²) >= 11 is 0. The van der Waals surface area contributed by atoms with Crippen LogP contribution in [0.4, 0.5) is 0 Å². The summed E-state index contributed by atoms with van der Waals surface area (Å²) in [5, 5.41) is 3.19. The van der Waals surface area contributed by atoms with Gasteiger partial charge in [-0.1, -0.05) is 25.7 Å². The van der Waals surface area contributed by atoms with Gasteiger partial charge in [-0.3, -0.25) is 4.18 Å². The Hall–Kier alpha value is 0.160. The SMILES string of the molecule is CNCCC1CCC(CCOS(C)(=O)=O)CC1.Cl. The van der Waals surface area contributed by atoms with E-state index in [1.54, 1.807) is 0 Å². The minimum Gasteiger partial charge on any atom is -0.320 e. The highest BCUT2D eigenvalue weighted by atomic mass is 35.5. The lowest BCUT2D eigenvalue weighted by Crippen LogP contribution is -2.20. The third-order valence-electron chi connectivity index (χ3n) is 3.59. The Morgan fingerprint density at radius 1 is 1.11 bits per heavy atom. The van der Waals surface area contributed by atoms with Crippen molar-refractivity contribution in [1.29, 1.82) is 0 Å². The summed E-state index contributed by atoms with van der Waals surface area (Å²) in [6.07, 6.45) is 8.27. The zero-order valence-corrected chi connectivity index (χ0v) is 13.0. The van der Waals surface area contributed by atoms with Crippen molar-refractivity contribution in [3.05, 3.63) is 0 Å². The van der Waals surface area contributed by atoms with E-state index in [1.807, 2.05) is 7.05 Å². The third kappa shape index (κ3) is 8.29. The number of hydrogen-bond donors (Lipinski definition) is 1. The molecule has 1 N–H and O–H groups in total. The number of halogens is 1. The van der Waals surface area contributed by atoms with Crippen LogP contribution < -0.4 is 5.32 Å². The Bertz CT molecular complexity index is 300. The van der Waals surface area contributed by atoms with E-state index < -0.39 is 10.1 Å². The van der Waals surface area contributed by atoms with Crippen molar-refractivity contribution in [2.24, 2.45) is 11.8 Å². The van der Waals surface area contributed by atoms with Crippen LogP contribution in [0, 0.1) is 11.8 Å². The van der Waals surface area contributed by atoms with Gasteiger partial charge in [0.2, 0.25) is 0 Å². The molecule has 0 unspecified atom stereocenters. The highest BCUT2D eigenvalue weighted by Crippen LogP contribution is 2.32. The molecule has 0 aliphatic heterocycles. The lowest BCUT2D eigenvalue weighted by atomic mass is 9.79. The van der Waals surface area contributed by atoms with Crippen LogP contribution in [-0.2, 0) is 14.3 Å². The van der Waals surface area contributed by atoms with Crippen molar-refractivity contribution in [2.75, 3.05) is 26.5 Å². The van der Waals surface area contributed by atoms with Crippen molar-refractivity contribution in [2.45, 2.75) is 38.5 Å². The predicted molar refractivity (Wildman–Crippen MR) is 76.7 cm³/mol. The molecule has 1 aliphatic carbocycles. The first-order valence-corrected chi connectivity index (χ1v) is 8.32. The van der Waals surface area contributed by atoms with Crippen LogP contribution in [-0.4, -0.2) is 34.9 Å². The topological polar surface area (TPSA) is 55.4 Å². The average molecular weight is 300 g/mol. The van der Waals surface area contributed by atoms with Gasteiger partial charge in [0, 0.05) is 0 Å². The summed E-state index contributed by atoms with van der Waals surface area (Å²) < 4.78 is 26.4. The monoisotopic (exact) mass is 299 g/mol. The molecule has 1 aliphatic rings. The molecule has 0 aromatic heterocycles. The van der Waals surface area contributed by atoms with Gasteiger partial charge in [-0.05, 0) is 38.3 Å². The standard InChI is InChI=1S/C12H25NO3S.ClH/c1-13-9-7-11-3-5-12(6-4-11)8-10-16-17(2,14)15;/h11-13H,3-10H2,1-2H3;1H. The minimum atomic E-state index is -3.26. The molecule has 110 valence electrons. The van der Waals surface area contributed by atoms with E-state index in [2.05, 4.69) is 5.32 Å². The average Bonchev–Trinajstić information content (AvgIpc) is 2.26. The smallest absolute Gasteiger partial charge is 0.264 e. The van der Waals surface area contributed by atoms with Gasteiger partial charge in [0.25, 0.3) is 10.1 Å². The maximum Gasteiger partial charge on any atom is 0.264 e. The van der Waals surface area contributed by atoms with Crippen molar-refractivity contribution in [3.63, 3.8) is 0 Å². The fraction of sp³-hybridized carbons (Fsp3) is 1.00. The molecular weight excluding hydrogens is 274 g/mol. The Labute approximate surface area is 117 Å². The first kappa shape index (κ1) is 18.2. The van der Waals surface area contributed by atoms with E-state index in [4.69, 9.17) is 4.18 Å². The molecule has 0 atom stereocenters. The molecule has 1 saturated carbocycles. The van der Waals surface area contributed by atoms with Crippen molar-refractivity contribution < 1.29 is 12.6 Å². The van der Waals surface area contributed by atoms with E-state index in [9.17, 15) is 8.42 Å². The van der Waals surface area contributed by atoms with Crippen LogP contribution in [0.3, 0.4) is 0 Å². The highest BCUT2D eigenvalue weighted by molar-refractivity contribution is 7.85. The van der Waals surface area contributed by atoms with Gasteiger partial charge >= 0.3 is 0 Å². The van der Waals surface area contributed by atoms with Gasteiger partial charge in [0.1, 0.15) is 0 Å². The van der Waals surface area contributed by atoms with Gasteiger partial charge in [0.15, 0.2) is 0 Å². The maximum atomic E-state index is 10.8. The molecule has 0 saturated heterocycles.